The lowest BCUT2D eigenvalue weighted by molar-refractivity contribution is 0.850. The van der Waals surface area contributed by atoms with Gasteiger partial charge in [0.1, 0.15) is 17.7 Å². The number of thioether (sulfide) groups is 1. The van der Waals surface area contributed by atoms with Crippen molar-refractivity contribution in [1.29, 1.82) is 10.5 Å². The SMILES string of the molecule is N#CC(C#N)=CNCc1ccc(N2CCSCC2)cc1. The zero-order valence-corrected chi connectivity index (χ0v) is 12.0. The summed E-state index contributed by atoms with van der Waals surface area (Å²) in [5.74, 6) is 2.39. The second kappa shape index (κ2) is 7.47. The number of hydrogen-bond donors (Lipinski definition) is 1. The second-order valence-corrected chi connectivity index (χ2v) is 5.65. The topological polar surface area (TPSA) is 62.9 Å². The molecule has 102 valence electrons. The van der Waals surface area contributed by atoms with E-state index in [1.165, 1.54) is 23.4 Å². The van der Waals surface area contributed by atoms with Crippen molar-refractivity contribution < 1.29 is 0 Å². The van der Waals surface area contributed by atoms with E-state index in [4.69, 9.17) is 10.5 Å². The van der Waals surface area contributed by atoms with Crippen LogP contribution >= 0.6 is 11.8 Å². The molecule has 20 heavy (non-hydrogen) atoms. The molecule has 1 fully saturated rings. The minimum Gasteiger partial charge on any atom is -0.385 e. The van der Waals surface area contributed by atoms with Gasteiger partial charge in [-0.05, 0) is 17.7 Å². The molecule has 4 nitrogen and oxygen atoms in total. The molecule has 0 atom stereocenters. The maximum absolute atomic E-state index is 8.62. The third-order valence-corrected chi connectivity index (χ3v) is 4.05. The van der Waals surface area contributed by atoms with Crippen LogP contribution in [0, 0.1) is 22.7 Å². The van der Waals surface area contributed by atoms with Gasteiger partial charge in [-0.25, -0.2) is 0 Å². The van der Waals surface area contributed by atoms with E-state index < -0.39 is 0 Å². The van der Waals surface area contributed by atoms with Crippen LogP contribution in [0.1, 0.15) is 5.56 Å². The summed E-state index contributed by atoms with van der Waals surface area (Å²) in [7, 11) is 0. The Balaban J connectivity index is 1.90. The Morgan fingerprint density at radius 3 is 2.45 bits per heavy atom. The van der Waals surface area contributed by atoms with E-state index in [1.54, 1.807) is 0 Å². The molecule has 0 radical (unpaired) electrons. The second-order valence-electron chi connectivity index (χ2n) is 4.43. The highest BCUT2D eigenvalue weighted by molar-refractivity contribution is 7.99. The fraction of sp³-hybridized carbons (Fsp3) is 0.333. The van der Waals surface area contributed by atoms with Gasteiger partial charge in [-0.1, -0.05) is 12.1 Å². The Bertz CT molecular complexity index is 529. The lowest BCUT2D eigenvalue weighted by atomic mass is 10.2. The maximum atomic E-state index is 8.62. The molecule has 2 rings (SSSR count). The van der Waals surface area contributed by atoms with Crippen LogP contribution in [-0.4, -0.2) is 24.6 Å². The van der Waals surface area contributed by atoms with Gasteiger partial charge < -0.3 is 10.2 Å². The van der Waals surface area contributed by atoms with Crippen LogP contribution in [0.5, 0.6) is 0 Å². The summed E-state index contributed by atoms with van der Waals surface area (Å²) in [4.78, 5) is 2.40. The summed E-state index contributed by atoms with van der Waals surface area (Å²) in [6.45, 7) is 2.83. The van der Waals surface area contributed by atoms with Crippen LogP contribution in [0.4, 0.5) is 5.69 Å². The van der Waals surface area contributed by atoms with Crippen LogP contribution < -0.4 is 10.2 Å². The molecule has 1 aliphatic heterocycles. The molecule has 0 saturated carbocycles. The number of nitrogens with one attached hydrogen (secondary N) is 1. The van der Waals surface area contributed by atoms with Gasteiger partial charge in [0.25, 0.3) is 0 Å². The van der Waals surface area contributed by atoms with Gasteiger partial charge in [0.2, 0.25) is 0 Å². The lowest BCUT2D eigenvalue weighted by Gasteiger charge is -2.28. The third-order valence-electron chi connectivity index (χ3n) is 3.11. The van der Waals surface area contributed by atoms with E-state index in [0.717, 1.165) is 18.7 Å². The highest BCUT2D eigenvalue weighted by Gasteiger charge is 2.10. The maximum Gasteiger partial charge on any atom is 0.145 e. The molecule has 1 saturated heterocycles. The molecule has 0 spiro atoms. The average molecular weight is 284 g/mol. The number of allylic oxidation sites excluding steroid dienone is 1. The van der Waals surface area contributed by atoms with E-state index in [0.29, 0.717) is 6.54 Å². The van der Waals surface area contributed by atoms with Crippen molar-refractivity contribution in [3.05, 3.63) is 41.6 Å². The minimum absolute atomic E-state index is 0.0902. The van der Waals surface area contributed by atoms with Gasteiger partial charge in [-0.15, -0.1) is 0 Å². The summed E-state index contributed by atoms with van der Waals surface area (Å²) in [5, 5.41) is 20.2. The smallest absolute Gasteiger partial charge is 0.145 e. The number of benzene rings is 1. The largest absolute Gasteiger partial charge is 0.385 e. The number of hydrogen-bond acceptors (Lipinski definition) is 5. The van der Waals surface area contributed by atoms with E-state index in [9.17, 15) is 0 Å². The molecule has 1 aromatic rings. The Morgan fingerprint density at radius 2 is 1.85 bits per heavy atom. The van der Waals surface area contributed by atoms with Gasteiger partial charge in [-0.3, -0.25) is 0 Å². The first-order valence-electron chi connectivity index (χ1n) is 6.49. The molecular weight excluding hydrogens is 268 g/mol. The standard InChI is InChI=1S/C15H16N4S/c16-9-14(10-17)12-18-11-13-1-3-15(4-2-13)19-5-7-20-8-6-19/h1-4,12,18H,5-8,11H2. The summed E-state index contributed by atoms with van der Waals surface area (Å²) >= 11 is 2.00. The van der Waals surface area contributed by atoms with Gasteiger partial charge in [0.15, 0.2) is 0 Å². The molecular formula is C15H16N4S. The summed E-state index contributed by atoms with van der Waals surface area (Å²) in [6, 6.07) is 12.1. The van der Waals surface area contributed by atoms with Gasteiger partial charge >= 0.3 is 0 Å². The van der Waals surface area contributed by atoms with Crippen LogP contribution in [-0.2, 0) is 6.54 Å². The Labute approximate surface area is 123 Å². The molecule has 1 N–H and O–H groups in total. The van der Waals surface area contributed by atoms with Crippen molar-refractivity contribution >= 4 is 17.4 Å². The van der Waals surface area contributed by atoms with Gasteiger partial charge in [-0.2, -0.15) is 22.3 Å². The van der Waals surface area contributed by atoms with E-state index in [-0.39, 0.29) is 5.57 Å². The first-order chi connectivity index (χ1) is 9.83. The highest BCUT2D eigenvalue weighted by Crippen LogP contribution is 2.19. The van der Waals surface area contributed by atoms with E-state index >= 15 is 0 Å². The Morgan fingerprint density at radius 1 is 1.20 bits per heavy atom. The number of nitriles is 2. The first kappa shape index (κ1) is 14.3. The normalized spacial score (nSPS) is 14.0. The predicted octanol–water partition coefficient (Wildman–Crippen LogP) is 2.26. The van der Waals surface area contributed by atoms with Crippen LogP contribution in [0.15, 0.2) is 36.0 Å². The van der Waals surface area contributed by atoms with Crippen molar-refractivity contribution in [3.63, 3.8) is 0 Å². The predicted molar refractivity (Wildman–Crippen MR) is 82.1 cm³/mol. The molecule has 0 amide bonds. The van der Waals surface area contributed by atoms with E-state index in [1.807, 2.05) is 23.9 Å². The third kappa shape index (κ3) is 3.94. The minimum atomic E-state index is 0.0902. The Hall–Kier alpha value is -2.11. The summed E-state index contributed by atoms with van der Waals surface area (Å²) in [5.41, 5.74) is 2.48. The van der Waals surface area contributed by atoms with Crippen molar-refractivity contribution in [2.24, 2.45) is 0 Å². The number of rotatable bonds is 4. The van der Waals surface area contributed by atoms with Crippen molar-refractivity contribution in [3.8, 4) is 12.1 Å². The average Bonchev–Trinajstić information content (AvgIpc) is 2.53. The van der Waals surface area contributed by atoms with Gasteiger partial charge in [0, 0.05) is 43.0 Å². The molecule has 1 aliphatic rings. The van der Waals surface area contributed by atoms with Crippen LogP contribution in [0.2, 0.25) is 0 Å². The van der Waals surface area contributed by atoms with Crippen molar-refractivity contribution in [2.45, 2.75) is 6.54 Å². The molecule has 1 heterocycles. The molecule has 0 aliphatic carbocycles. The van der Waals surface area contributed by atoms with Crippen molar-refractivity contribution in [2.75, 3.05) is 29.5 Å². The quantitative estimate of drug-likeness (QED) is 0.859. The van der Waals surface area contributed by atoms with Crippen molar-refractivity contribution in [1.82, 2.24) is 5.32 Å². The molecule has 5 heteroatoms. The molecule has 1 aromatic carbocycles. The molecule has 0 aromatic heterocycles. The van der Waals surface area contributed by atoms with Crippen LogP contribution in [0.3, 0.4) is 0 Å². The summed E-state index contributed by atoms with van der Waals surface area (Å²) < 4.78 is 0. The fourth-order valence-corrected chi connectivity index (χ4v) is 2.91. The molecule has 0 unspecified atom stereocenters. The van der Waals surface area contributed by atoms with E-state index in [2.05, 4.69) is 34.5 Å². The molecule has 0 bridgehead atoms. The lowest BCUT2D eigenvalue weighted by Crippen LogP contribution is -2.32. The monoisotopic (exact) mass is 284 g/mol. The number of anilines is 1. The van der Waals surface area contributed by atoms with Crippen LogP contribution in [0.25, 0.3) is 0 Å². The summed E-state index contributed by atoms with van der Waals surface area (Å²) in [6.07, 6.45) is 1.45. The first-order valence-corrected chi connectivity index (χ1v) is 7.64. The number of nitrogens with zero attached hydrogens (tertiary/aromatic N) is 3. The zero-order valence-electron chi connectivity index (χ0n) is 11.2. The zero-order chi connectivity index (χ0) is 14.2. The Kier molecular flexibility index (Phi) is 5.34. The fourth-order valence-electron chi connectivity index (χ4n) is 2.01. The van der Waals surface area contributed by atoms with Gasteiger partial charge in [0.05, 0.1) is 0 Å². The highest BCUT2D eigenvalue weighted by atomic mass is 32.2.